The van der Waals surface area contributed by atoms with Gasteiger partial charge < -0.3 is 15.5 Å². The Labute approximate surface area is 141 Å². The van der Waals surface area contributed by atoms with Crippen molar-refractivity contribution in [3.63, 3.8) is 0 Å². The van der Waals surface area contributed by atoms with Crippen molar-refractivity contribution in [3.05, 3.63) is 0 Å². The molecule has 0 aliphatic rings. The maximum atomic E-state index is 11.0. The van der Waals surface area contributed by atoms with E-state index in [2.05, 4.69) is 22.4 Å². The molecule has 0 heterocycles. The van der Waals surface area contributed by atoms with Crippen molar-refractivity contribution in [3.8, 4) is 0 Å². The minimum absolute atomic E-state index is 0.272. The Morgan fingerprint density at radius 2 is 1.35 bits per heavy atom. The summed E-state index contributed by atoms with van der Waals surface area (Å²) in [6.45, 7) is 6.02. The highest BCUT2D eigenvalue weighted by Crippen LogP contribution is 2.08. The van der Waals surface area contributed by atoms with E-state index in [0.717, 1.165) is 26.1 Å². The third kappa shape index (κ3) is 18.8. The number of amides is 1. The van der Waals surface area contributed by atoms with Gasteiger partial charge in [0, 0.05) is 6.54 Å². The lowest BCUT2D eigenvalue weighted by molar-refractivity contribution is -0.154. The van der Waals surface area contributed by atoms with Crippen molar-refractivity contribution >= 4 is 12.4 Å². The molecule has 0 saturated heterocycles. The van der Waals surface area contributed by atoms with E-state index in [1.165, 1.54) is 51.4 Å². The fourth-order valence-electron chi connectivity index (χ4n) is 2.32. The molecule has 0 fully saturated rings. The van der Waals surface area contributed by atoms with Crippen molar-refractivity contribution in [1.29, 1.82) is 0 Å². The van der Waals surface area contributed by atoms with E-state index in [1.807, 2.05) is 5.48 Å². The van der Waals surface area contributed by atoms with Gasteiger partial charge in [0.15, 0.2) is 0 Å². The van der Waals surface area contributed by atoms with Crippen molar-refractivity contribution < 1.29 is 14.4 Å². The molecule has 6 nitrogen and oxygen atoms in total. The van der Waals surface area contributed by atoms with Crippen LogP contribution >= 0.6 is 0 Å². The summed E-state index contributed by atoms with van der Waals surface area (Å²) in [6, 6.07) is 0. The normalized spacial score (nSPS) is 10.5. The molecule has 0 spiro atoms. The Kier molecular flexibility index (Phi) is 18.0. The van der Waals surface area contributed by atoms with Crippen LogP contribution < -0.4 is 16.1 Å². The van der Waals surface area contributed by atoms with E-state index in [4.69, 9.17) is 0 Å². The van der Waals surface area contributed by atoms with Gasteiger partial charge >= 0.3 is 5.97 Å². The lowest BCUT2D eigenvalue weighted by Crippen LogP contribution is -2.24. The highest BCUT2D eigenvalue weighted by Gasteiger charge is 2.01. The van der Waals surface area contributed by atoms with E-state index in [0.29, 0.717) is 13.0 Å². The summed E-state index contributed by atoms with van der Waals surface area (Å²) in [5.74, 6) is -0.422. The number of rotatable bonds is 18. The van der Waals surface area contributed by atoms with Crippen molar-refractivity contribution in [2.45, 2.75) is 71.1 Å². The Morgan fingerprint density at radius 3 is 1.87 bits per heavy atom. The van der Waals surface area contributed by atoms with Gasteiger partial charge in [0.25, 0.3) is 0 Å². The standard InChI is InChI=1S/C17H35N3O3/c1-2-12-18-13-9-7-5-3-4-6-8-10-14-19-15-11-17(22)23-20-16-21/h16,18-19H,2-15H2,1H3,(H,20,21). The van der Waals surface area contributed by atoms with Crippen LogP contribution in [0.4, 0.5) is 0 Å². The molecule has 0 bridgehead atoms. The highest BCUT2D eigenvalue weighted by molar-refractivity contribution is 5.70. The van der Waals surface area contributed by atoms with Gasteiger partial charge in [0.1, 0.15) is 0 Å². The third-order valence-corrected chi connectivity index (χ3v) is 3.61. The zero-order valence-corrected chi connectivity index (χ0v) is 14.7. The predicted molar refractivity (Wildman–Crippen MR) is 92.9 cm³/mol. The van der Waals surface area contributed by atoms with Gasteiger partial charge in [-0.15, -0.1) is 0 Å². The van der Waals surface area contributed by atoms with Gasteiger partial charge in [0.2, 0.25) is 6.41 Å². The predicted octanol–water partition coefficient (Wildman–Crippen LogP) is 2.29. The molecule has 0 aromatic heterocycles. The van der Waals surface area contributed by atoms with Crippen LogP contribution in [0.3, 0.4) is 0 Å². The molecule has 23 heavy (non-hydrogen) atoms. The Balaban J connectivity index is 3.05. The number of nitrogens with one attached hydrogen (secondary N) is 3. The molecule has 136 valence electrons. The van der Waals surface area contributed by atoms with Crippen LogP contribution in [0.25, 0.3) is 0 Å². The van der Waals surface area contributed by atoms with E-state index in [-0.39, 0.29) is 6.42 Å². The molecule has 1 amide bonds. The summed E-state index contributed by atoms with van der Waals surface area (Å²) < 4.78 is 0. The second-order valence-electron chi connectivity index (χ2n) is 5.79. The summed E-state index contributed by atoms with van der Waals surface area (Å²) in [4.78, 5) is 25.4. The molecule has 6 heteroatoms. The number of hydrogen-bond donors (Lipinski definition) is 3. The van der Waals surface area contributed by atoms with Crippen molar-refractivity contribution in [2.24, 2.45) is 0 Å². The first-order valence-corrected chi connectivity index (χ1v) is 9.11. The van der Waals surface area contributed by atoms with E-state index in [1.54, 1.807) is 0 Å². The van der Waals surface area contributed by atoms with Gasteiger partial charge in [-0.1, -0.05) is 45.4 Å². The molecule has 0 aromatic rings. The number of hydrogen-bond acceptors (Lipinski definition) is 5. The van der Waals surface area contributed by atoms with E-state index >= 15 is 0 Å². The van der Waals surface area contributed by atoms with E-state index < -0.39 is 5.97 Å². The summed E-state index contributed by atoms with van der Waals surface area (Å²) in [6.07, 6.45) is 12.2. The summed E-state index contributed by atoms with van der Waals surface area (Å²) in [7, 11) is 0. The maximum Gasteiger partial charge on any atom is 0.333 e. The van der Waals surface area contributed by atoms with Gasteiger partial charge in [-0.3, -0.25) is 4.79 Å². The third-order valence-electron chi connectivity index (χ3n) is 3.61. The molecular formula is C17H35N3O3. The molecule has 0 atom stereocenters. The zero-order valence-electron chi connectivity index (χ0n) is 14.7. The Hall–Kier alpha value is -1.14. The second kappa shape index (κ2) is 18.9. The monoisotopic (exact) mass is 329 g/mol. The summed E-state index contributed by atoms with van der Waals surface area (Å²) >= 11 is 0. The van der Waals surface area contributed by atoms with E-state index in [9.17, 15) is 9.59 Å². The largest absolute Gasteiger partial charge is 0.341 e. The fraction of sp³-hybridized carbons (Fsp3) is 0.882. The average molecular weight is 329 g/mol. The minimum Gasteiger partial charge on any atom is -0.341 e. The first-order valence-electron chi connectivity index (χ1n) is 9.11. The van der Waals surface area contributed by atoms with Crippen LogP contribution in [-0.4, -0.2) is 38.6 Å². The smallest absolute Gasteiger partial charge is 0.333 e. The fourth-order valence-corrected chi connectivity index (χ4v) is 2.32. The van der Waals surface area contributed by atoms with Gasteiger partial charge in [-0.05, 0) is 38.9 Å². The Bertz CT molecular complexity index is 276. The van der Waals surface area contributed by atoms with Crippen LogP contribution in [0.2, 0.25) is 0 Å². The van der Waals surface area contributed by atoms with Crippen molar-refractivity contribution in [1.82, 2.24) is 16.1 Å². The molecule has 0 aromatic carbocycles. The Morgan fingerprint density at radius 1 is 0.826 bits per heavy atom. The van der Waals surface area contributed by atoms with Gasteiger partial charge in [0.05, 0.1) is 6.42 Å². The van der Waals surface area contributed by atoms with Gasteiger partial charge in [-0.2, -0.15) is 5.48 Å². The number of carbonyl (C=O) groups excluding carboxylic acids is 2. The van der Waals surface area contributed by atoms with Crippen LogP contribution in [0.15, 0.2) is 0 Å². The number of carbonyl (C=O) groups is 2. The van der Waals surface area contributed by atoms with Crippen molar-refractivity contribution in [2.75, 3.05) is 26.2 Å². The lowest BCUT2D eigenvalue weighted by Gasteiger charge is -2.05. The average Bonchev–Trinajstić information content (AvgIpc) is 2.56. The lowest BCUT2D eigenvalue weighted by atomic mass is 10.1. The van der Waals surface area contributed by atoms with Crippen LogP contribution in [0.1, 0.15) is 71.1 Å². The SMILES string of the molecule is CCCNCCCCCCCCCCNCCC(=O)ONC=O. The summed E-state index contributed by atoms with van der Waals surface area (Å²) in [5.41, 5.74) is 1.89. The molecule has 0 aliphatic heterocycles. The number of hydroxylamine groups is 1. The molecule has 0 saturated carbocycles. The van der Waals surface area contributed by atoms with Crippen LogP contribution in [0, 0.1) is 0 Å². The molecule has 0 rings (SSSR count). The zero-order chi connectivity index (χ0) is 17.0. The minimum atomic E-state index is -0.422. The first-order chi connectivity index (χ1) is 11.3. The van der Waals surface area contributed by atoms with Gasteiger partial charge in [-0.25, -0.2) is 4.79 Å². The first kappa shape index (κ1) is 21.9. The highest BCUT2D eigenvalue weighted by atomic mass is 16.7. The number of unbranched alkanes of at least 4 members (excludes halogenated alkanes) is 7. The topological polar surface area (TPSA) is 79.5 Å². The van der Waals surface area contributed by atoms with Crippen LogP contribution in [0.5, 0.6) is 0 Å². The molecule has 0 radical (unpaired) electrons. The summed E-state index contributed by atoms with van der Waals surface area (Å²) in [5, 5.41) is 6.64. The molecule has 0 unspecified atom stereocenters. The molecular weight excluding hydrogens is 294 g/mol. The quantitative estimate of drug-likeness (QED) is 0.204. The molecule has 0 aliphatic carbocycles. The maximum absolute atomic E-state index is 11.0. The van der Waals surface area contributed by atoms with Crippen LogP contribution in [-0.2, 0) is 14.4 Å². The molecule has 3 N–H and O–H groups in total. The second-order valence-corrected chi connectivity index (χ2v) is 5.79.